The lowest BCUT2D eigenvalue weighted by Gasteiger charge is -2.35. The van der Waals surface area contributed by atoms with Crippen molar-refractivity contribution < 1.29 is 19.3 Å². The fourth-order valence-corrected chi connectivity index (χ4v) is 3.29. The summed E-state index contributed by atoms with van der Waals surface area (Å²) in [6.45, 7) is 9.00. The molecule has 128 valence electrons. The van der Waals surface area contributed by atoms with E-state index in [1.807, 2.05) is 13.0 Å². The smallest absolute Gasteiger partial charge is 0.376 e. The van der Waals surface area contributed by atoms with Crippen molar-refractivity contribution in [3.8, 4) is 5.75 Å². The molecule has 3 unspecified atom stereocenters. The molecule has 0 radical (unpaired) electrons. The normalized spacial score (nSPS) is 24.5. The molecular weight excluding hydrogens is 292 g/mol. The van der Waals surface area contributed by atoms with Crippen LogP contribution in [-0.2, 0) is 9.78 Å². The molecule has 1 aromatic rings. The SMILES string of the molecule is CCOc1ccccc1C(=O)OOC1CC(C)CCC1C(C)C. The fourth-order valence-electron chi connectivity index (χ4n) is 3.29. The predicted molar refractivity (Wildman–Crippen MR) is 89.2 cm³/mol. The van der Waals surface area contributed by atoms with Gasteiger partial charge in [-0.1, -0.05) is 39.3 Å². The maximum absolute atomic E-state index is 12.3. The van der Waals surface area contributed by atoms with Gasteiger partial charge in [0.1, 0.15) is 17.4 Å². The number of rotatable bonds is 6. The molecule has 1 saturated carbocycles. The van der Waals surface area contributed by atoms with Gasteiger partial charge in [-0.2, -0.15) is 4.89 Å². The highest BCUT2D eigenvalue weighted by Crippen LogP contribution is 2.35. The third kappa shape index (κ3) is 4.71. The minimum Gasteiger partial charge on any atom is -0.493 e. The van der Waals surface area contributed by atoms with E-state index in [0.717, 1.165) is 12.8 Å². The standard InChI is InChI=1S/C19H28O4/c1-5-21-17-9-7-6-8-16(17)19(20)23-22-18-12-14(4)10-11-15(18)13(2)3/h6-9,13-15,18H,5,10-12H2,1-4H3. The topological polar surface area (TPSA) is 44.8 Å². The van der Waals surface area contributed by atoms with E-state index in [4.69, 9.17) is 14.5 Å². The van der Waals surface area contributed by atoms with E-state index in [1.54, 1.807) is 18.2 Å². The molecule has 0 N–H and O–H groups in total. The minimum atomic E-state index is -0.491. The summed E-state index contributed by atoms with van der Waals surface area (Å²) >= 11 is 0. The molecule has 0 bridgehead atoms. The van der Waals surface area contributed by atoms with E-state index in [1.165, 1.54) is 6.42 Å². The third-order valence-electron chi connectivity index (χ3n) is 4.62. The summed E-state index contributed by atoms with van der Waals surface area (Å²) in [4.78, 5) is 23.0. The van der Waals surface area contributed by atoms with E-state index in [-0.39, 0.29) is 6.10 Å². The van der Waals surface area contributed by atoms with Gasteiger partial charge in [0.05, 0.1) is 6.61 Å². The Balaban J connectivity index is 2.00. The monoisotopic (exact) mass is 320 g/mol. The van der Waals surface area contributed by atoms with Crippen molar-refractivity contribution in [1.82, 2.24) is 0 Å². The van der Waals surface area contributed by atoms with Crippen LogP contribution in [0.25, 0.3) is 0 Å². The number of ether oxygens (including phenoxy) is 1. The molecule has 4 heteroatoms. The van der Waals surface area contributed by atoms with Gasteiger partial charge in [-0.25, -0.2) is 4.79 Å². The second-order valence-electron chi connectivity index (χ2n) is 6.76. The zero-order chi connectivity index (χ0) is 16.8. The number of hydrogen-bond donors (Lipinski definition) is 0. The van der Waals surface area contributed by atoms with Crippen molar-refractivity contribution in [2.75, 3.05) is 6.61 Å². The second-order valence-corrected chi connectivity index (χ2v) is 6.76. The molecule has 0 heterocycles. The van der Waals surface area contributed by atoms with Crippen LogP contribution in [0.5, 0.6) is 5.75 Å². The summed E-state index contributed by atoms with van der Waals surface area (Å²) in [5.41, 5.74) is 0.402. The van der Waals surface area contributed by atoms with Crippen LogP contribution >= 0.6 is 0 Å². The molecule has 1 aliphatic carbocycles. The van der Waals surface area contributed by atoms with Crippen molar-refractivity contribution in [2.45, 2.75) is 53.1 Å². The molecule has 4 nitrogen and oxygen atoms in total. The first kappa shape index (κ1) is 17.8. The van der Waals surface area contributed by atoms with E-state index in [0.29, 0.717) is 35.7 Å². The molecule has 23 heavy (non-hydrogen) atoms. The van der Waals surface area contributed by atoms with Gasteiger partial charge in [0, 0.05) is 0 Å². The average Bonchev–Trinajstić information content (AvgIpc) is 2.53. The van der Waals surface area contributed by atoms with Gasteiger partial charge in [0.15, 0.2) is 0 Å². The second kappa shape index (κ2) is 8.34. The lowest BCUT2D eigenvalue weighted by molar-refractivity contribution is -0.296. The number of para-hydroxylation sites is 1. The number of benzene rings is 1. The van der Waals surface area contributed by atoms with Gasteiger partial charge in [-0.3, -0.25) is 4.89 Å². The molecule has 0 aromatic heterocycles. The maximum atomic E-state index is 12.3. The molecule has 0 aliphatic heterocycles. The molecule has 3 atom stereocenters. The fraction of sp³-hybridized carbons (Fsp3) is 0.632. The first-order valence-electron chi connectivity index (χ1n) is 8.62. The summed E-state index contributed by atoms with van der Waals surface area (Å²) in [6, 6.07) is 7.08. The average molecular weight is 320 g/mol. The van der Waals surface area contributed by atoms with Crippen LogP contribution in [0.1, 0.15) is 57.3 Å². The quantitative estimate of drug-likeness (QED) is 0.566. The highest BCUT2D eigenvalue weighted by atomic mass is 17.2. The Bertz CT molecular complexity index is 512. The van der Waals surface area contributed by atoms with Gasteiger partial charge < -0.3 is 4.74 Å². The largest absolute Gasteiger partial charge is 0.493 e. The van der Waals surface area contributed by atoms with Gasteiger partial charge in [-0.15, -0.1) is 0 Å². The first-order valence-corrected chi connectivity index (χ1v) is 8.62. The van der Waals surface area contributed by atoms with Crippen LogP contribution in [0.4, 0.5) is 0 Å². The maximum Gasteiger partial charge on any atom is 0.376 e. The molecule has 1 fully saturated rings. The Morgan fingerprint density at radius 2 is 2.00 bits per heavy atom. The zero-order valence-electron chi connectivity index (χ0n) is 14.6. The molecular formula is C19H28O4. The molecule has 0 saturated heterocycles. The van der Waals surface area contributed by atoms with Crippen LogP contribution in [0, 0.1) is 17.8 Å². The molecule has 1 aliphatic rings. The Labute approximate surface area is 139 Å². The summed E-state index contributed by atoms with van der Waals surface area (Å²) in [6.07, 6.45) is 3.24. The van der Waals surface area contributed by atoms with Crippen molar-refractivity contribution in [1.29, 1.82) is 0 Å². The van der Waals surface area contributed by atoms with E-state index < -0.39 is 5.97 Å². The van der Waals surface area contributed by atoms with Crippen molar-refractivity contribution in [3.05, 3.63) is 29.8 Å². The van der Waals surface area contributed by atoms with Gasteiger partial charge in [0.2, 0.25) is 0 Å². The Morgan fingerprint density at radius 3 is 2.70 bits per heavy atom. The Hall–Kier alpha value is -1.55. The van der Waals surface area contributed by atoms with E-state index in [2.05, 4.69) is 20.8 Å². The lowest BCUT2D eigenvalue weighted by atomic mass is 9.75. The molecule has 2 rings (SSSR count). The van der Waals surface area contributed by atoms with Crippen molar-refractivity contribution in [3.63, 3.8) is 0 Å². The highest BCUT2D eigenvalue weighted by molar-refractivity contribution is 5.92. The van der Waals surface area contributed by atoms with Crippen LogP contribution in [0.3, 0.4) is 0 Å². The predicted octanol–water partition coefficient (Wildman–Crippen LogP) is 4.63. The van der Waals surface area contributed by atoms with E-state index in [9.17, 15) is 4.79 Å². The Kier molecular flexibility index (Phi) is 6.46. The molecule has 1 aromatic carbocycles. The van der Waals surface area contributed by atoms with Crippen LogP contribution < -0.4 is 4.74 Å². The van der Waals surface area contributed by atoms with Gasteiger partial charge in [0.25, 0.3) is 0 Å². The summed E-state index contributed by atoms with van der Waals surface area (Å²) in [5.74, 6) is 1.59. The zero-order valence-corrected chi connectivity index (χ0v) is 14.6. The summed E-state index contributed by atoms with van der Waals surface area (Å²) in [7, 11) is 0. The highest BCUT2D eigenvalue weighted by Gasteiger charge is 2.33. The third-order valence-corrected chi connectivity index (χ3v) is 4.62. The van der Waals surface area contributed by atoms with Crippen LogP contribution in [0.2, 0.25) is 0 Å². The van der Waals surface area contributed by atoms with Crippen LogP contribution in [-0.4, -0.2) is 18.7 Å². The first-order chi connectivity index (χ1) is 11.0. The lowest BCUT2D eigenvalue weighted by Crippen LogP contribution is -2.35. The van der Waals surface area contributed by atoms with Gasteiger partial charge in [-0.05, 0) is 49.7 Å². The van der Waals surface area contributed by atoms with Gasteiger partial charge >= 0.3 is 5.97 Å². The number of carbonyl (C=O) groups excluding carboxylic acids is 1. The van der Waals surface area contributed by atoms with E-state index >= 15 is 0 Å². The Morgan fingerprint density at radius 1 is 1.26 bits per heavy atom. The molecule has 0 spiro atoms. The summed E-state index contributed by atoms with van der Waals surface area (Å²) < 4.78 is 5.47. The summed E-state index contributed by atoms with van der Waals surface area (Å²) in [5, 5.41) is 0. The minimum absolute atomic E-state index is 0.0260. The number of hydrogen-bond acceptors (Lipinski definition) is 4. The van der Waals surface area contributed by atoms with Crippen molar-refractivity contribution >= 4 is 5.97 Å². The van der Waals surface area contributed by atoms with Crippen molar-refractivity contribution in [2.24, 2.45) is 17.8 Å². The number of carbonyl (C=O) groups is 1. The van der Waals surface area contributed by atoms with Crippen LogP contribution in [0.15, 0.2) is 24.3 Å². The molecule has 0 amide bonds.